The Bertz CT molecular complexity index is 1240. The number of amides is 3. The predicted molar refractivity (Wildman–Crippen MR) is 153 cm³/mol. The van der Waals surface area contributed by atoms with Crippen LogP contribution in [0.4, 0.5) is 11.4 Å². The van der Waals surface area contributed by atoms with Gasteiger partial charge >= 0.3 is 0 Å². The van der Waals surface area contributed by atoms with Gasteiger partial charge < -0.3 is 30.1 Å². The second-order valence-electron chi connectivity index (χ2n) is 10.1. The molecule has 7 atom stereocenters. The molecule has 3 aliphatic rings. The summed E-state index contributed by atoms with van der Waals surface area (Å²) >= 11 is 5.31. The number of rotatable bonds is 9. The van der Waals surface area contributed by atoms with Crippen LogP contribution in [0.3, 0.4) is 0 Å². The zero-order valence-corrected chi connectivity index (χ0v) is 24.3. The molecular formula is C28H32BrN3O6S. The molecule has 0 aliphatic carbocycles. The van der Waals surface area contributed by atoms with Crippen molar-refractivity contribution in [2.24, 2.45) is 11.8 Å². The molecule has 5 rings (SSSR count). The molecule has 11 heteroatoms. The molecule has 9 nitrogen and oxygen atoms in total. The number of hydrogen-bond acceptors (Lipinski definition) is 7. The van der Waals surface area contributed by atoms with Crippen molar-refractivity contribution in [3.8, 4) is 11.5 Å². The zero-order valence-electron chi connectivity index (χ0n) is 21.9. The van der Waals surface area contributed by atoms with Crippen LogP contribution in [0.25, 0.3) is 0 Å². The number of carbonyl (C=O) groups is 3. The molecule has 3 unspecified atom stereocenters. The minimum absolute atomic E-state index is 0.0525. The number of benzene rings is 2. The lowest BCUT2D eigenvalue weighted by molar-refractivity contribution is -0.140. The summed E-state index contributed by atoms with van der Waals surface area (Å²) in [5.74, 6) is -0.829. The van der Waals surface area contributed by atoms with Crippen molar-refractivity contribution >= 4 is 56.8 Å². The third-order valence-corrected chi connectivity index (χ3v) is 11.0. The highest BCUT2D eigenvalue weighted by Gasteiger charge is 2.76. The largest absolute Gasteiger partial charge is 0.497 e. The standard InChI is InChI=1S/C28H32BrN3O6S/c1-4-38-19-11-7-16(8-12-19)30-25(34)21-22-27(36)32(15(2)14-33)24(28(22)13-20(29)23(21)39-28)26(35)31-17-5-9-18(37-3)10-6-17/h5-12,15,20-24,33H,4,13-14H2,1-3H3,(H,30,34)(H,31,35)/t15-,20?,21+,22+,23+,24?,28?/m1/s1. The van der Waals surface area contributed by atoms with Gasteiger partial charge in [0.15, 0.2) is 0 Å². The summed E-state index contributed by atoms with van der Waals surface area (Å²) in [5, 5.41) is 15.8. The number of carbonyl (C=O) groups excluding carboxylic acids is 3. The van der Waals surface area contributed by atoms with Crippen molar-refractivity contribution in [1.29, 1.82) is 0 Å². The topological polar surface area (TPSA) is 117 Å². The Morgan fingerprint density at radius 1 is 1.10 bits per heavy atom. The lowest BCUT2D eigenvalue weighted by Crippen LogP contribution is -2.54. The van der Waals surface area contributed by atoms with Gasteiger partial charge in [-0.05, 0) is 68.8 Å². The van der Waals surface area contributed by atoms with Crippen molar-refractivity contribution in [2.45, 2.75) is 47.2 Å². The summed E-state index contributed by atoms with van der Waals surface area (Å²) in [6.07, 6.45) is 0.556. The van der Waals surface area contributed by atoms with Gasteiger partial charge in [0.25, 0.3) is 0 Å². The number of aliphatic hydroxyl groups excluding tert-OH is 1. The maximum atomic E-state index is 14.0. The number of nitrogens with zero attached hydrogens (tertiary/aromatic N) is 1. The van der Waals surface area contributed by atoms with Gasteiger partial charge in [-0.25, -0.2) is 0 Å². The van der Waals surface area contributed by atoms with Gasteiger partial charge in [0.2, 0.25) is 17.7 Å². The molecule has 3 aliphatic heterocycles. The van der Waals surface area contributed by atoms with Gasteiger partial charge in [0.1, 0.15) is 17.5 Å². The summed E-state index contributed by atoms with van der Waals surface area (Å²) in [4.78, 5) is 43.0. The number of fused-ring (bicyclic) bond motifs is 1. The van der Waals surface area contributed by atoms with E-state index in [9.17, 15) is 19.5 Å². The number of ether oxygens (including phenoxy) is 2. The first-order valence-electron chi connectivity index (χ1n) is 13.0. The third kappa shape index (κ3) is 4.78. The van der Waals surface area contributed by atoms with Crippen LogP contribution in [0.2, 0.25) is 0 Å². The molecular weight excluding hydrogens is 586 g/mol. The lowest BCUT2D eigenvalue weighted by Gasteiger charge is -2.36. The van der Waals surface area contributed by atoms with E-state index in [-0.39, 0.29) is 34.4 Å². The monoisotopic (exact) mass is 617 g/mol. The minimum Gasteiger partial charge on any atom is -0.497 e. The van der Waals surface area contributed by atoms with E-state index in [2.05, 4.69) is 26.6 Å². The minimum atomic E-state index is -0.849. The maximum absolute atomic E-state index is 14.0. The second-order valence-corrected chi connectivity index (χ2v) is 12.8. The van der Waals surface area contributed by atoms with Crippen molar-refractivity contribution in [3.63, 3.8) is 0 Å². The van der Waals surface area contributed by atoms with E-state index in [1.807, 2.05) is 6.92 Å². The number of methoxy groups -OCH3 is 1. The highest BCUT2D eigenvalue weighted by Crippen LogP contribution is 2.68. The first-order valence-corrected chi connectivity index (χ1v) is 14.8. The number of hydrogen-bond donors (Lipinski definition) is 3. The molecule has 1 spiro atoms. The van der Waals surface area contributed by atoms with Gasteiger partial charge in [-0.3, -0.25) is 14.4 Å². The molecule has 2 bridgehead atoms. The summed E-state index contributed by atoms with van der Waals surface area (Å²) in [5.41, 5.74) is 1.18. The summed E-state index contributed by atoms with van der Waals surface area (Å²) < 4.78 is 9.88. The number of anilines is 2. The van der Waals surface area contributed by atoms with Crippen molar-refractivity contribution in [2.75, 3.05) is 31.0 Å². The number of halogens is 1. The number of alkyl halides is 1. The fraction of sp³-hybridized carbons (Fsp3) is 0.464. The third-order valence-electron chi connectivity index (χ3n) is 7.81. The van der Waals surface area contributed by atoms with Gasteiger partial charge in [-0.2, -0.15) is 0 Å². The van der Waals surface area contributed by atoms with Crippen molar-refractivity contribution < 1.29 is 29.0 Å². The highest BCUT2D eigenvalue weighted by molar-refractivity contribution is 9.09. The molecule has 0 radical (unpaired) electrons. The number of thioether (sulfide) groups is 1. The smallest absolute Gasteiger partial charge is 0.248 e. The molecule has 0 aromatic heterocycles. The van der Waals surface area contributed by atoms with Gasteiger partial charge in [-0.1, -0.05) is 15.9 Å². The number of nitrogens with one attached hydrogen (secondary N) is 2. The Morgan fingerprint density at radius 3 is 2.26 bits per heavy atom. The van der Waals surface area contributed by atoms with Crippen LogP contribution in [-0.2, 0) is 14.4 Å². The molecule has 3 saturated heterocycles. The second kappa shape index (κ2) is 11.0. The molecule has 3 amide bonds. The van der Waals surface area contributed by atoms with Gasteiger partial charge in [0, 0.05) is 21.5 Å². The van der Waals surface area contributed by atoms with E-state index in [1.54, 1.807) is 74.3 Å². The fourth-order valence-electron chi connectivity index (χ4n) is 6.14. The lowest BCUT2D eigenvalue weighted by atomic mass is 9.70. The van der Waals surface area contributed by atoms with Crippen molar-refractivity contribution in [3.05, 3.63) is 48.5 Å². The summed E-state index contributed by atoms with van der Waals surface area (Å²) in [6.45, 7) is 3.87. The van der Waals surface area contributed by atoms with Crippen molar-refractivity contribution in [1.82, 2.24) is 4.90 Å². The summed E-state index contributed by atoms with van der Waals surface area (Å²) in [6, 6.07) is 12.6. The first kappa shape index (κ1) is 27.8. The fourth-order valence-corrected chi connectivity index (χ4v) is 9.74. The van der Waals surface area contributed by atoms with E-state index in [1.165, 1.54) is 4.90 Å². The Morgan fingerprint density at radius 2 is 1.69 bits per heavy atom. The van der Waals surface area contributed by atoms with Gasteiger partial charge in [-0.15, -0.1) is 11.8 Å². The molecule has 2 aromatic carbocycles. The first-order chi connectivity index (χ1) is 18.7. The Hall–Kier alpha value is -2.76. The SMILES string of the molecule is CCOc1ccc(NC(=O)[C@H]2[C@H]3C(=O)N([C@H](C)CO)C(C(=O)Nc4ccc(OC)cc4)C34CC(Br)[C@@H]2S4)cc1. The molecule has 3 heterocycles. The summed E-state index contributed by atoms with van der Waals surface area (Å²) in [7, 11) is 1.57. The van der Waals surface area contributed by atoms with Crippen LogP contribution in [0.1, 0.15) is 20.3 Å². The highest BCUT2D eigenvalue weighted by atomic mass is 79.9. The molecule has 2 aromatic rings. The normalized spacial score (nSPS) is 29.6. The Balaban J connectivity index is 1.45. The van der Waals surface area contributed by atoms with E-state index < -0.39 is 28.7 Å². The van der Waals surface area contributed by atoms with Crippen LogP contribution < -0.4 is 20.1 Å². The molecule has 3 N–H and O–H groups in total. The maximum Gasteiger partial charge on any atom is 0.248 e. The van der Waals surface area contributed by atoms with E-state index in [0.29, 0.717) is 35.9 Å². The zero-order chi connectivity index (χ0) is 27.9. The van der Waals surface area contributed by atoms with Crippen LogP contribution in [0.5, 0.6) is 11.5 Å². The molecule has 208 valence electrons. The van der Waals surface area contributed by atoms with E-state index in [0.717, 1.165) is 0 Å². The van der Waals surface area contributed by atoms with Crippen LogP contribution in [0, 0.1) is 11.8 Å². The molecule has 0 saturated carbocycles. The quantitative estimate of drug-likeness (QED) is 0.369. The van der Waals surface area contributed by atoms with Gasteiger partial charge in [0.05, 0.1) is 42.9 Å². The van der Waals surface area contributed by atoms with Crippen LogP contribution >= 0.6 is 27.7 Å². The molecule has 39 heavy (non-hydrogen) atoms. The average molecular weight is 619 g/mol. The number of likely N-dealkylation sites (tertiary alicyclic amines) is 1. The predicted octanol–water partition coefficient (Wildman–Crippen LogP) is 3.52. The number of aliphatic hydroxyl groups is 1. The van der Waals surface area contributed by atoms with E-state index in [4.69, 9.17) is 9.47 Å². The van der Waals surface area contributed by atoms with Crippen LogP contribution in [-0.4, -0.2) is 75.0 Å². The average Bonchev–Trinajstić information content (AvgIpc) is 3.53. The van der Waals surface area contributed by atoms with E-state index >= 15 is 0 Å². The Kier molecular flexibility index (Phi) is 7.85. The van der Waals surface area contributed by atoms with Crippen LogP contribution in [0.15, 0.2) is 48.5 Å². The Labute approximate surface area is 240 Å². The molecule has 3 fully saturated rings.